The van der Waals surface area contributed by atoms with Gasteiger partial charge in [0.05, 0.1) is 21.3 Å². The Morgan fingerprint density at radius 1 is 0.964 bits per heavy atom. The Kier molecular flexibility index (Phi) is 4.31. The molecule has 0 fully saturated rings. The van der Waals surface area contributed by atoms with Crippen LogP contribution in [0.5, 0.6) is 17.2 Å². The van der Waals surface area contributed by atoms with Crippen LogP contribution < -0.4 is 9.47 Å². The Morgan fingerprint density at radius 3 is 2.36 bits per heavy atom. The van der Waals surface area contributed by atoms with E-state index < -0.39 is 5.97 Å². The van der Waals surface area contributed by atoms with Gasteiger partial charge in [-0.3, -0.25) is 0 Å². The highest BCUT2D eigenvalue weighted by Crippen LogP contribution is 2.44. The maximum absolute atomic E-state index is 12.4. The number of carbonyl (C=O) groups excluding carboxylic acids is 1. The molecule has 6 heteroatoms. The summed E-state index contributed by atoms with van der Waals surface area (Å²) in [4.78, 5) is 12.4. The van der Waals surface area contributed by atoms with Crippen LogP contribution in [-0.4, -0.2) is 32.4 Å². The van der Waals surface area contributed by atoms with E-state index in [-0.39, 0.29) is 11.3 Å². The summed E-state index contributed by atoms with van der Waals surface area (Å²) in [6, 6.07) is 14.2. The third kappa shape index (κ3) is 2.62. The molecule has 28 heavy (non-hydrogen) atoms. The van der Waals surface area contributed by atoms with Gasteiger partial charge in [-0.1, -0.05) is 24.3 Å². The fourth-order valence-electron chi connectivity index (χ4n) is 3.39. The Labute approximate surface area is 160 Å². The Balaban J connectivity index is 2.13. The molecular weight excluding hydrogens is 360 g/mol. The minimum Gasteiger partial charge on any atom is -0.507 e. The predicted molar refractivity (Wildman–Crippen MR) is 105 cm³/mol. The number of furan rings is 1. The largest absolute Gasteiger partial charge is 0.507 e. The van der Waals surface area contributed by atoms with Crippen molar-refractivity contribution >= 4 is 27.9 Å². The van der Waals surface area contributed by atoms with Crippen LogP contribution in [0.25, 0.3) is 33.1 Å². The van der Waals surface area contributed by atoms with Crippen molar-refractivity contribution in [1.29, 1.82) is 0 Å². The number of carbonyl (C=O) groups is 1. The molecule has 6 nitrogen and oxygen atoms in total. The number of aromatic hydroxyl groups is 1. The van der Waals surface area contributed by atoms with Crippen molar-refractivity contribution in [3.05, 3.63) is 54.1 Å². The summed E-state index contributed by atoms with van der Waals surface area (Å²) in [5.41, 5.74) is 2.45. The normalized spacial score (nSPS) is 11.0. The van der Waals surface area contributed by atoms with Crippen molar-refractivity contribution in [2.75, 3.05) is 21.3 Å². The van der Waals surface area contributed by atoms with Crippen molar-refractivity contribution in [2.45, 2.75) is 0 Å². The molecule has 0 atom stereocenters. The average molecular weight is 378 g/mol. The first kappa shape index (κ1) is 17.7. The summed E-state index contributed by atoms with van der Waals surface area (Å²) in [6.45, 7) is 0. The number of phenolic OH excluding ortho intramolecular Hbond substituents is 1. The number of para-hydroxylation sites is 1. The van der Waals surface area contributed by atoms with Gasteiger partial charge in [0, 0.05) is 16.3 Å². The molecule has 1 N–H and O–H groups in total. The summed E-state index contributed by atoms with van der Waals surface area (Å²) in [7, 11) is 4.41. The molecule has 142 valence electrons. The maximum atomic E-state index is 12.4. The average Bonchev–Trinajstić information content (AvgIpc) is 3.12. The highest BCUT2D eigenvalue weighted by Gasteiger charge is 2.25. The lowest BCUT2D eigenvalue weighted by Crippen LogP contribution is -2.02. The van der Waals surface area contributed by atoms with Crippen LogP contribution >= 0.6 is 0 Å². The zero-order valence-corrected chi connectivity index (χ0v) is 15.6. The fourth-order valence-corrected chi connectivity index (χ4v) is 3.39. The topological polar surface area (TPSA) is 78.1 Å². The maximum Gasteiger partial charge on any atom is 0.342 e. The Morgan fingerprint density at radius 2 is 1.71 bits per heavy atom. The van der Waals surface area contributed by atoms with E-state index in [1.54, 1.807) is 26.4 Å². The smallest absolute Gasteiger partial charge is 0.342 e. The van der Waals surface area contributed by atoms with E-state index in [0.29, 0.717) is 39.0 Å². The summed E-state index contributed by atoms with van der Waals surface area (Å²) >= 11 is 0. The van der Waals surface area contributed by atoms with E-state index in [4.69, 9.17) is 18.6 Å². The number of phenols is 1. The number of rotatable bonds is 4. The fraction of sp³-hybridized carbons (Fsp3) is 0.136. The number of esters is 1. The molecular formula is C22H18O6. The lowest BCUT2D eigenvalue weighted by Gasteiger charge is -2.09. The molecule has 0 saturated heterocycles. The number of methoxy groups -OCH3 is 3. The van der Waals surface area contributed by atoms with Crippen molar-refractivity contribution < 1.29 is 28.5 Å². The zero-order chi connectivity index (χ0) is 19.8. The van der Waals surface area contributed by atoms with Crippen LogP contribution in [0.3, 0.4) is 0 Å². The zero-order valence-electron chi connectivity index (χ0n) is 15.6. The number of hydrogen-bond acceptors (Lipinski definition) is 6. The van der Waals surface area contributed by atoms with Crippen LogP contribution in [0.2, 0.25) is 0 Å². The van der Waals surface area contributed by atoms with E-state index in [1.807, 2.05) is 30.3 Å². The van der Waals surface area contributed by atoms with Gasteiger partial charge >= 0.3 is 5.97 Å². The molecule has 0 aliphatic carbocycles. The van der Waals surface area contributed by atoms with Crippen LogP contribution in [0.1, 0.15) is 10.4 Å². The van der Waals surface area contributed by atoms with Gasteiger partial charge in [-0.15, -0.1) is 0 Å². The molecule has 0 radical (unpaired) electrons. The van der Waals surface area contributed by atoms with Gasteiger partial charge < -0.3 is 23.7 Å². The summed E-state index contributed by atoms with van der Waals surface area (Å²) in [6.07, 6.45) is 0. The summed E-state index contributed by atoms with van der Waals surface area (Å²) < 4.78 is 21.6. The van der Waals surface area contributed by atoms with Gasteiger partial charge in [-0.2, -0.15) is 0 Å². The number of ether oxygens (including phenoxy) is 3. The molecule has 0 aliphatic heterocycles. The van der Waals surface area contributed by atoms with Crippen molar-refractivity contribution in [3.63, 3.8) is 0 Å². The van der Waals surface area contributed by atoms with Crippen LogP contribution in [0, 0.1) is 0 Å². The lowest BCUT2D eigenvalue weighted by molar-refractivity contribution is 0.0600. The molecule has 1 aromatic heterocycles. The standard InChI is InChI=1S/C22H18O6/c1-25-13-9-7-12(8-10-13)15-11-16(23)19(22(24)27-3)18-14-5-4-6-17(26-2)20(14)28-21(15)18/h4-11,23H,1-3H3. The SMILES string of the molecule is COC(=O)c1c(O)cc(-c2ccc(OC)cc2)c2oc3c(OC)cccc3c12. The molecule has 0 aliphatic rings. The second kappa shape index (κ2) is 6.81. The number of hydrogen-bond donors (Lipinski definition) is 1. The first-order valence-electron chi connectivity index (χ1n) is 8.57. The molecule has 0 amide bonds. The highest BCUT2D eigenvalue weighted by molar-refractivity contribution is 6.20. The van der Waals surface area contributed by atoms with Crippen molar-refractivity contribution in [2.24, 2.45) is 0 Å². The molecule has 0 bridgehead atoms. The second-order valence-corrected chi connectivity index (χ2v) is 6.18. The quantitative estimate of drug-likeness (QED) is 0.516. The first-order valence-corrected chi connectivity index (χ1v) is 8.57. The summed E-state index contributed by atoms with van der Waals surface area (Å²) in [5.74, 6) is 0.413. The minimum atomic E-state index is -0.644. The Hall–Kier alpha value is -3.67. The Bertz CT molecular complexity index is 1190. The van der Waals surface area contributed by atoms with Crippen LogP contribution in [0.4, 0.5) is 0 Å². The highest BCUT2D eigenvalue weighted by atomic mass is 16.5. The van der Waals surface area contributed by atoms with Gasteiger partial charge in [0.15, 0.2) is 11.3 Å². The molecule has 4 aromatic rings. The minimum absolute atomic E-state index is 0.0572. The molecule has 3 aromatic carbocycles. The number of benzene rings is 3. The monoisotopic (exact) mass is 378 g/mol. The number of fused-ring (bicyclic) bond motifs is 3. The molecule has 1 heterocycles. The van der Waals surface area contributed by atoms with Crippen LogP contribution in [-0.2, 0) is 4.74 Å². The van der Waals surface area contributed by atoms with E-state index in [9.17, 15) is 9.90 Å². The molecule has 0 saturated carbocycles. The molecule has 0 unspecified atom stereocenters. The van der Waals surface area contributed by atoms with E-state index >= 15 is 0 Å². The van der Waals surface area contributed by atoms with E-state index in [1.165, 1.54) is 13.2 Å². The van der Waals surface area contributed by atoms with Crippen LogP contribution in [0.15, 0.2) is 52.9 Å². The predicted octanol–water partition coefficient (Wildman–Crippen LogP) is 4.76. The first-order chi connectivity index (χ1) is 13.6. The third-order valence-electron chi connectivity index (χ3n) is 4.72. The summed E-state index contributed by atoms with van der Waals surface area (Å²) in [5, 5.41) is 11.8. The van der Waals surface area contributed by atoms with Gasteiger partial charge in [0.25, 0.3) is 0 Å². The lowest BCUT2D eigenvalue weighted by atomic mass is 9.97. The van der Waals surface area contributed by atoms with E-state index in [2.05, 4.69) is 0 Å². The molecule has 0 spiro atoms. The van der Waals surface area contributed by atoms with E-state index in [0.717, 1.165) is 5.56 Å². The van der Waals surface area contributed by atoms with Gasteiger partial charge in [0.1, 0.15) is 22.6 Å². The van der Waals surface area contributed by atoms with Gasteiger partial charge in [-0.05, 0) is 29.8 Å². The molecule has 4 rings (SSSR count). The second-order valence-electron chi connectivity index (χ2n) is 6.18. The van der Waals surface area contributed by atoms with Gasteiger partial charge in [0.2, 0.25) is 0 Å². The third-order valence-corrected chi connectivity index (χ3v) is 4.72. The van der Waals surface area contributed by atoms with Crippen molar-refractivity contribution in [1.82, 2.24) is 0 Å². The van der Waals surface area contributed by atoms with Gasteiger partial charge in [-0.25, -0.2) is 4.79 Å². The van der Waals surface area contributed by atoms with Crippen molar-refractivity contribution in [3.8, 4) is 28.4 Å².